The van der Waals surface area contributed by atoms with Crippen LogP contribution in [0.15, 0.2) is 48.5 Å². The molecular weight excluding hydrogens is 482 g/mol. The molecule has 202 valence electrons. The molecule has 0 aliphatic heterocycles. The van der Waals surface area contributed by atoms with Crippen LogP contribution in [0.1, 0.15) is 71.6 Å². The molecule has 0 saturated heterocycles. The van der Waals surface area contributed by atoms with E-state index < -0.39 is 46.8 Å². The van der Waals surface area contributed by atoms with Crippen LogP contribution in [0.25, 0.3) is 0 Å². The Morgan fingerprint density at radius 2 is 1.08 bits per heavy atom. The van der Waals surface area contributed by atoms with Gasteiger partial charge in [0, 0.05) is 13.1 Å². The van der Waals surface area contributed by atoms with Crippen molar-refractivity contribution in [2.24, 2.45) is 0 Å². The summed E-state index contributed by atoms with van der Waals surface area (Å²) in [7, 11) is 0. The molecule has 37 heavy (non-hydrogen) atoms. The molecule has 0 spiro atoms. The molecule has 1 N–H and O–H groups in total. The van der Waals surface area contributed by atoms with Crippen LogP contribution in [0.2, 0.25) is 0 Å². The van der Waals surface area contributed by atoms with Gasteiger partial charge in [0.1, 0.15) is 22.8 Å². The number of benzene rings is 2. The number of hydrogen-bond acceptors (Lipinski definition) is 5. The molecule has 7 nitrogen and oxygen atoms in total. The number of nitrogens with one attached hydrogen (secondary N) is 1. The van der Waals surface area contributed by atoms with E-state index in [0.717, 1.165) is 0 Å². The summed E-state index contributed by atoms with van der Waals surface area (Å²) in [4.78, 5) is 39.3. The molecule has 0 heterocycles. The molecule has 9 heteroatoms. The highest BCUT2D eigenvalue weighted by molar-refractivity contribution is 5.78. The molecule has 0 atom stereocenters. The number of rotatable bonds is 9. The molecule has 0 aliphatic rings. The first-order valence-corrected chi connectivity index (χ1v) is 12.1. The van der Waals surface area contributed by atoms with Gasteiger partial charge in [-0.25, -0.2) is 13.6 Å². The minimum atomic E-state index is -0.737. The van der Waals surface area contributed by atoms with E-state index in [1.165, 1.54) is 53.4 Å². The fraction of sp³-hybridized carbons (Fsp3) is 0.464. The van der Waals surface area contributed by atoms with E-state index in [9.17, 15) is 23.2 Å². The van der Waals surface area contributed by atoms with E-state index in [4.69, 9.17) is 9.47 Å². The minimum absolute atomic E-state index is 0.0108. The number of carbonyl (C=O) groups is 3. The molecule has 0 bridgehead atoms. The van der Waals surface area contributed by atoms with Gasteiger partial charge >= 0.3 is 18.0 Å². The minimum Gasteiger partial charge on any atom is -0.460 e. The van der Waals surface area contributed by atoms with Crippen molar-refractivity contribution in [1.82, 2.24) is 10.2 Å². The lowest BCUT2D eigenvalue weighted by Gasteiger charge is -2.28. The van der Waals surface area contributed by atoms with Gasteiger partial charge in [-0.05, 0) is 76.9 Å². The summed E-state index contributed by atoms with van der Waals surface area (Å²) in [5.74, 6) is -1.86. The van der Waals surface area contributed by atoms with Gasteiger partial charge in [0.25, 0.3) is 0 Å². The zero-order valence-corrected chi connectivity index (χ0v) is 22.3. The average molecular weight is 519 g/mol. The lowest BCUT2D eigenvalue weighted by atomic mass is 9.98. The number of halogens is 2. The van der Waals surface area contributed by atoms with Gasteiger partial charge in [0.2, 0.25) is 0 Å². The number of carbonyl (C=O) groups excluding carboxylic acids is 3. The Morgan fingerprint density at radius 1 is 0.730 bits per heavy atom. The van der Waals surface area contributed by atoms with Crippen LogP contribution in [-0.2, 0) is 19.1 Å². The molecule has 2 amide bonds. The summed E-state index contributed by atoms with van der Waals surface area (Å²) in [5.41, 5.74) is -0.227. The highest BCUT2D eigenvalue weighted by atomic mass is 19.1. The van der Waals surface area contributed by atoms with Gasteiger partial charge in [-0.2, -0.15) is 0 Å². The molecule has 0 fully saturated rings. The third-order valence-corrected chi connectivity index (χ3v) is 4.97. The fourth-order valence-electron chi connectivity index (χ4n) is 3.44. The van der Waals surface area contributed by atoms with Gasteiger partial charge in [-0.1, -0.05) is 24.3 Å². The van der Waals surface area contributed by atoms with Crippen LogP contribution in [0, 0.1) is 11.6 Å². The van der Waals surface area contributed by atoms with E-state index in [1.54, 1.807) is 41.5 Å². The third-order valence-electron chi connectivity index (χ3n) is 4.97. The number of nitrogens with zero attached hydrogens (tertiary/aromatic N) is 1. The van der Waals surface area contributed by atoms with Crippen molar-refractivity contribution >= 4 is 18.0 Å². The smallest absolute Gasteiger partial charge is 0.318 e. The molecule has 0 aliphatic carbocycles. The van der Waals surface area contributed by atoms with Crippen molar-refractivity contribution in [2.75, 3.05) is 13.1 Å². The maximum atomic E-state index is 13.6. The maximum Gasteiger partial charge on any atom is 0.318 e. The van der Waals surface area contributed by atoms with Crippen LogP contribution < -0.4 is 5.32 Å². The second-order valence-electron chi connectivity index (χ2n) is 10.6. The molecule has 2 aromatic rings. The standard InChI is InChI=1S/C28H36F2N2O5/c1-27(2,3)36-23(33)15-17-32(18-16-24(34)37-28(4,5)6)26(35)31-25(19-7-11-21(29)12-8-19)20-9-13-22(30)14-10-20/h7-14,25H,15-18H2,1-6H3,(H,31,35). The van der Waals surface area contributed by atoms with Crippen LogP contribution in [0.4, 0.5) is 13.6 Å². The lowest BCUT2D eigenvalue weighted by Crippen LogP contribution is -2.44. The van der Waals surface area contributed by atoms with Crippen molar-refractivity contribution in [3.05, 3.63) is 71.3 Å². The number of ether oxygens (including phenoxy) is 2. The van der Waals surface area contributed by atoms with Crippen LogP contribution in [0.3, 0.4) is 0 Å². The summed E-state index contributed by atoms with van der Waals surface area (Å²) in [6.07, 6.45) is -0.173. The Bertz CT molecular complexity index is 980. The highest BCUT2D eigenvalue weighted by Gasteiger charge is 2.25. The summed E-state index contributed by atoms with van der Waals surface area (Å²) in [5, 5.41) is 2.87. The summed E-state index contributed by atoms with van der Waals surface area (Å²) >= 11 is 0. The summed E-state index contributed by atoms with van der Waals surface area (Å²) < 4.78 is 37.8. The predicted molar refractivity (Wildman–Crippen MR) is 136 cm³/mol. The molecule has 0 saturated carbocycles. The zero-order chi connectivity index (χ0) is 27.8. The SMILES string of the molecule is CC(C)(C)OC(=O)CCN(CCC(=O)OC(C)(C)C)C(=O)NC(c1ccc(F)cc1)c1ccc(F)cc1. The number of hydrogen-bond donors (Lipinski definition) is 1. The molecule has 2 rings (SSSR count). The van der Waals surface area contributed by atoms with Crippen LogP contribution in [0.5, 0.6) is 0 Å². The first kappa shape index (κ1) is 29.7. The first-order chi connectivity index (χ1) is 17.1. The molecular formula is C28H36F2N2O5. The Balaban J connectivity index is 2.25. The van der Waals surface area contributed by atoms with Crippen molar-refractivity contribution in [1.29, 1.82) is 0 Å². The van der Waals surface area contributed by atoms with Crippen molar-refractivity contribution < 1.29 is 32.6 Å². The first-order valence-electron chi connectivity index (χ1n) is 12.1. The van der Waals surface area contributed by atoms with Gasteiger partial charge in [0.05, 0.1) is 18.9 Å². The van der Waals surface area contributed by atoms with E-state index in [0.29, 0.717) is 11.1 Å². The Hall–Kier alpha value is -3.49. The molecule has 0 radical (unpaired) electrons. The van der Waals surface area contributed by atoms with Gasteiger partial charge in [-0.15, -0.1) is 0 Å². The zero-order valence-electron chi connectivity index (χ0n) is 22.3. The van der Waals surface area contributed by atoms with Crippen LogP contribution >= 0.6 is 0 Å². The van der Waals surface area contributed by atoms with E-state index >= 15 is 0 Å². The molecule has 0 unspecified atom stereocenters. The van der Waals surface area contributed by atoms with Crippen molar-refractivity contribution in [3.8, 4) is 0 Å². The third kappa shape index (κ3) is 11.0. The Kier molecular flexibility index (Phi) is 10.2. The number of esters is 2. The lowest BCUT2D eigenvalue weighted by molar-refractivity contribution is -0.155. The molecule has 0 aromatic heterocycles. The van der Waals surface area contributed by atoms with E-state index in [-0.39, 0.29) is 25.9 Å². The van der Waals surface area contributed by atoms with Crippen molar-refractivity contribution in [2.45, 2.75) is 71.6 Å². The normalized spacial score (nSPS) is 11.7. The van der Waals surface area contributed by atoms with E-state index in [2.05, 4.69) is 5.32 Å². The van der Waals surface area contributed by atoms with Gasteiger partial charge < -0.3 is 19.7 Å². The highest BCUT2D eigenvalue weighted by Crippen LogP contribution is 2.23. The second kappa shape index (κ2) is 12.7. The quantitative estimate of drug-likeness (QED) is 0.441. The monoisotopic (exact) mass is 518 g/mol. The Morgan fingerprint density at radius 3 is 1.41 bits per heavy atom. The fourth-order valence-corrected chi connectivity index (χ4v) is 3.44. The Labute approximate surface area is 217 Å². The van der Waals surface area contributed by atoms with E-state index in [1.807, 2.05) is 0 Å². The predicted octanol–water partition coefficient (Wildman–Crippen LogP) is 5.53. The summed E-state index contributed by atoms with van der Waals surface area (Å²) in [6.45, 7) is 10.4. The second-order valence-corrected chi connectivity index (χ2v) is 10.6. The average Bonchev–Trinajstić information content (AvgIpc) is 2.76. The maximum absolute atomic E-state index is 13.6. The summed E-state index contributed by atoms with van der Waals surface area (Å²) in [6, 6.07) is 9.85. The molecule has 2 aromatic carbocycles. The topological polar surface area (TPSA) is 84.9 Å². The van der Waals surface area contributed by atoms with Crippen molar-refractivity contribution in [3.63, 3.8) is 0 Å². The van der Waals surface area contributed by atoms with Crippen LogP contribution in [-0.4, -0.2) is 47.2 Å². The van der Waals surface area contributed by atoms with Gasteiger partial charge in [-0.3, -0.25) is 9.59 Å². The van der Waals surface area contributed by atoms with Gasteiger partial charge in [0.15, 0.2) is 0 Å². The number of urea groups is 1. The number of amides is 2. The largest absolute Gasteiger partial charge is 0.460 e.